The van der Waals surface area contributed by atoms with Crippen molar-refractivity contribution in [1.29, 1.82) is 0 Å². The first-order valence-electron chi connectivity index (χ1n) is 6.67. The summed E-state index contributed by atoms with van der Waals surface area (Å²) >= 11 is 5.88. The second-order valence-corrected chi connectivity index (χ2v) is 5.28. The molecule has 0 fully saturated rings. The maximum absolute atomic E-state index is 5.88. The molecule has 2 aromatic rings. The minimum atomic E-state index is 0.461. The Labute approximate surface area is 119 Å². The largest absolute Gasteiger partial charge is 0.326 e. The van der Waals surface area contributed by atoms with Gasteiger partial charge in [0, 0.05) is 12.2 Å². The fourth-order valence-electron chi connectivity index (χ4n) is 2.66. The molecule has 98 valence electrons. The first-order chi connectivity index (χ1) is 9.28. The van der Waals surface area contributed by atoms with Gasteiger partial charge in [0.25, 0.3) is 0 Å². The second-order valence-electron chi connectivity index (χ2n) is 5.01. The van der Waals surface area contributed by atoms with E-state index in [2.05, 4.69) is 41.1 Å². The molecule has 3 heteroatoms. The van der Waals surface area contributed by atoms with Crippen LogP contribution in [-0.2, 0) is 12.3 Å². The average molecular weight is 273 g/mol. The lowest BCUT2D eigenvalue weighted by atomic mass is 9.99. The van der Waals surface area contributed by atoms with Crippen molar-refractivity contribution in [1.82, 2.24) is 4.98 Å². The number of hydrogen-bond donors (Lipinski definition) is 0. The van der Waals surface area contributed by atoms with Gasteiger partial charge >= 0.3 is 0 Å². The summed E-state index contributed by atoms with van der Waals surface area (Å²) in [6.07, 6.45) is 2.33. The summed E-state index contributed by atoms with van der Waals surface area (Å²) < 4.78 is 0. The van der Waals surface area contributed by atoms with Crippen molar-refractivity contribution in [3.8, 4) is 0 Å². The smallest absolute Gasteiger partial charge is 0.133 e. The number of aromatic nitrogens is 1. The van der Waals surface area contributed by atoms with Gasteiger partial charge in [0.05, 0.1) is 11.6 Å². The monoisotopic (exact) mass is 272 g/mol. The molecule has 2 nitrogen and oxygen atoms in total. The predicted octanol–water partition coefficient (Wildman–Crippen LogP) is 4.21. The molecule has 0 saturated carbocycles. The van der Waals surface area contributed by atoms with Crippen LogP contribution in [0.5, 0.6) is 0 Å². The Morgan fingerprint density at radius 3 is 3.00 bits per heavy atom. The van der Waals surface area contributed by atoms with E-state index in [0.717, 1.165) is 24.5 Å². The number of hydrogen-bond acceptors (Lipinski definition) is 2. The molecule has 3 rings (SSSR count). The lowest BCUT2D eigenvalue weighted by molar-refractivity contribution is 0.757. The third-order valence-corrected chi connectivity index (χ3v) is 3.83. The van der Waals surface area contributed by atoms with Crippen LogP contribution in [0, 0.1) is 6.92 Å². The number of benzene rings is 1. The maximum Gasteiger partial charge on any atom is 0.133 e. The van der Waals surface area contributed by atoms with E-state index in [1.807, 2.05) is 12.1 Å². The van der Waals surface area contributed by atoms with E-state index < -0.39 is 0 Å². The maximum atomic E-state index is 5.88. The second kappa shape index (κ2) is 5.22. The molecule has 1 aliphatic heterocycles. The zero-order valence-corrected chi connectivity index (χ0v) is 11.8. The summed E-state index contributed by atoms with van der Waals surface area (Å²) in [4.78, 5) is 6.93. The standard InChI is InChI=1S/C16H17ClN2/c1-12-7-8-15-13(10-12)4-3-9-19(15)16-6-2-5-14(11-17)18-16/h2,5-8,10H,3-4,9,11H2,1H3. The van der Waals surface area contributed by atoms with Crippen LogP contribution >= 0.6 is 11.6 Å². The van der Waals surface area contributed by atoms with Crippen LogP contribution in [0.15, 0.2) is 36.4 Å². The van der Waals surface area contributed by atoms with Crippen LogP contribution in [0.2, 0.25) is 0 Å². The van der Waals surface area contributed by atoms with Crippen LogP contribution in [0.3, 0.4) is 0 Å². The van der Waals surface area contributed by atoms with Crippen molar-refractivity contribution in [2.24, 2.45) is 0 Å². The molecule has 0 atom stereocenters. The molecular weight excluding hydrogens is 256 g/mol. The Morgan fingerprint density at radius 1 is 1.26 bits per heavy atom. The highest BCUT2D eigenvalue weighted by Gasteiger charge is 2.19. The van der Waals surface area contributed by atoms with E-state index in [0.29, 0.717) is 5.88 Å². The van der Waals surface area contributed by atoms with Gasteiger partial charge in [0.2, 0.25) is 0 Å². The Balaban J connectivity index is 2.03. The van der Waals surface area contributed by atoms with Gasteiger partial charge in [-0.05, 0) is 43.5 Å². The van der Waals surface area contributed by atoms with Crippen molar-refractivity contribution in [3.05, 3.63) is 53.2 Å². The Hall–Kier alpha value is -1.54. The lowest BCUT2D eigenvalue weighted by Gasteiger charge is -2.30. The highest BCUT2D eigenvalue weighted by Crippen LogP contribution is 2.33. The molecular formula is C16H17ClN2. The topological polar surface area (TPSA) is 16.1 Å². The van der Waals surface area contributed by atoms with Gasteiger partial charge in [-0.25, -0.2) is 4.98 Å². The summed E-state index contributed by atoms with van der Waals surface area (Å²) in [5.41, 5.74) is 4.96. The van der Waals surface area contributed by atoms with Crippen molar-refractivity contribution in [2.75, 3.05) is 11.4 Å². The molecule has 0 N–H and O–H groups in total. The predicted molar refractivity (Wildman–Crippen MR) is 80.3 cm³/mol. The van der Waals surface area contributed by atoms with E-state index in [9.17, 15) is 0 Å². The van der Waals surface area contributed by atoms with Crippen molar-refractivity contribution in [3.63, 3.8) is 0 Å². The zero-order chi connectivity index (χ0) is 13.2. The van der Waals surface area contributed by atoms with Gasteiger partial charge in [-0.2, -0.15) is 0 Å². The molecule has 0 saturated heterocycles. The van der Waals surface area contributed by atoms with Crippen molar-refractivity contribution in [2.45, 2.75) is 25.6 Å². The molecule has 0 bridgehead atoms. The van der Waals surface area contributed by atoms with Crippen molar-refractivity contribution >= 4 is 23.1 Å². The minimum absolute atomic E-state index is 0.461. The van der Waals surface area contributed by atoms with Gasteiger partial charge in [0.15, 0.2) is 0 Å². The number of fused-ring (bicyclic) bond motifs is 1. The number of halogens is 1. The van der Waals surface area contributed by atoms with E-state index in [1.165, 1.54) is 23.2 Å². The van der Waals surface area contributed by atoms with Gasteiger partial charge in [0.1, 0.15) is 5.82 Å². The quantitative estimate of drug-likeness (QED) is 0.761. The minimum Gasteiger partial charge on any atom is -0.326 e. The fraction of sp³-hybridized carbons (Fsp3) is 0.312. The molecule has 19 heavy (non-hydrogen) atoms. The van der Waals surface area contributed by atoms with Gasteiger partial charge < -0.3 is 4.90 Å². The van der Waals surface area contributed by atoms with Crippen LogP contribution < -0.4 is 4.90 Å². The SMILES string of the molecule is Cc1ccc2c(c1)CCCN2c1cccc(CCl)n1. The van der Waals surface area contributed by atoms with Gasteiger partial charge in [-0.3, -0.25) is 0 Å². The summed E-state index contributed by atoms with van der Waals surface area (Å²) in [7, 11) is 0. The number of anilines is 2. The molecule has 0 radical (unpaired) electrons. The molecule has 0 unspecified atom stereocenters. The molecule has 1 aliphatic rings. The third-order valence-electron chi connectivity index (χ3n) is 3.56. The van der Waals surface area contributed by atoms with Crippen LogP contribution in [-0.4, -0.2) is 11.5 Å². The summed E-state index contributed by atoms with van der Waals surface area (Å²) in [6, 6.07) is 12.7. The third kappa shape index (κ3) is 2.45. The first-order valence-corrected chi connectivity index (χ1v) is 7.20. The molecule has 0 amide bonds. The van der Waals surface area contributed by atoms with E-state index in [4.69, 9.17) is 11.6 Å². The highest BCUT2D eigenvalue weighted by molar-refractivity contribution is 6.16. The normalized spacial score (nSPS) is 14.3. The fourth-order valence-corrected chi connectivity index (χ4v) is 2.80. The van der Waals surface area contributed by atoms with Crippen LogP contribution in [0.4, 0.5) is 11.5 Å². The molecule has 0 spiro atoms. The Morgan fingerprint density at radius 2 is 2.16 bits per heavy atom. The summed E-state index contributed by atoms with van der Waals surface area (Å²) in [6.45, 7) is 3.17. The van der Waals surface area contributed by atoms with E-state index >= 15 is 0 Å². The van der Waals surface area contributed by atoms with E-state index in [-0.39, 0.29) is 0 Å². The Bertz CT molecular complexity index is 595. The molecule has 1 aromatic heterocycles. The van der Waals surface area contributed by atoms with Crippen LogP contribution in [0.1, 0.15) is 23.2 Å². The highest BCUT2D eigenvalue weighted by atomic mass is 35.5. The molecule has 2 heterocycles. The number of aryl methyl sites for hydroxylation is 2. The Kier molecular flexibility index (Phi) is 3.43. The van der Waals surface area contributed by atoms with Crippen molar-refractivity contribution < 1.29 is 0 Å². The summed E-state index contributed by atoms with van der Waals surface area (Å²) in [5.74, 6) is 1.46. The number of pyridine rings is 1. The number of nitrogens with zero attached hydrogens (tertiary/aromatic N) is 2. The average Bonchev–Trinajstić information content (AvgIpc) is 2.46. The molecule has 1 aromatic carbocycles. The van der Waals surface area contributed by atoms with Gasteiger partial charge in [-0.1, -0.05) is 23.8 Å². The van der Waals surface area contributed by atoms with Gasteiger partial charge in [-0.15, -0.1) is 11.6 Å². The zero-order valence-electron chi connectivity index (χ0n) is 11.1. The van der Waals surface area contributed by atoms with Crippen LogP contribution in [0.25, 0.3) is 0 Å². The molecule has 0 aliphatic carbocycles. The van der Waals surface area contributed by atoms with E-state index in [1.54, 1.807) is 0 Å². The summed E-state index contributed by atoms with van der Waals surface area (Å²) in [5, 5.41) is 0. The number of rotatable bonds is 2. The first kappa shape index (κ1) is 12.5. The number of alkyl halides is 1. The lowest BCUT2D eigenvalue weighted by Crippen LogP contribution is -2.25.